The Balaban J connectivity index is 1.44. The third-order valence-electron chi connectivity index (χ3n) is 6.21. The fourth-order valence-corrected chi connectivity index (χ4v) is 5.29. The number of carboxylic acid groups (broad SMARTS) is 1. The first-order valence-electron chi connectivity index (χ1n) is 11.1. The summed E-state index contributed by atoms with van der Waals surface area (Å²) in [5, 5.41) is 11.0. The van der Waals surface area contributed by atoms with Crippen LogP contribution in [0.3, 0.4) is 0 Å². The van der Waals surface area contributed by atoms with Crippen LogP contribution in [0.15, 0.2) is 77.7 Å². The minimum atomic E-state index is -0.975. The molecule has 35 heavy (non-hydrogen) atoms. The first-order valence-corrected chi connectivity index (χ1v) is 11.9. The number of hydrogen-bond acceptors (Lipinski definition) is 4. The largest absolute Gasteiger partial charge is 0.478 e. The number of imide groups is 1. The average molecular weight is 483 g/mol. The smallest absolute Gasteiger partial charge is 0.335 e. The van der Waals surface area contributed by atoms with E-state index in [1.54, 1.807) is 30.3 Å². The second-order valence-electron chi connectivity index (χ2n) is 8.42. The average Bonchev–Trinajstić information content (AvgIpc) is 3.28. The van der Waals surface area contributed by atoms with Gasteiger partial charge in [-0.05, 0) is 83.9 Å². The van der Waals surface area contributed by atoms with Crippen LogP contribution in [0.25, 0.3) is 22.5 Å². The van der Waals surface area contributed by atoms with Gasteiger partial charge in [0.1, 0.15) is 0 Å². The van der Waals surface area contributed by atoms with E-state index in [2.05, 4.69) is 0 Å². The van der Waals surface area contributed by atoms with Gasteiger partial charge in [-0.15, -0.1) is 0 Å². The summed E-state index contributed by atoms with van der Waals surface area (Å²) in [5.41, 5.74) is 4.64. The summed E-state index contributed by atoms with van der Waals surface area (Å²) in [6.07, 6.45) is 1.76. The van der Waals surface area contributed by atoms with Crippen LogP contribution in [0.2, 0.25) is 0 Å². The molecule has 0 aliphatic carbocycles. The van der Waals surface area contributed by atoms with E-state index in [0.717, 1.165) is 50.7 Å². The van der Waals surface area contributed by atoms with Crippen molar-refractivity contribution in [1.29, 1.82) is 0 Å². The summed E-state index contributed by atoms with van der Waals surface area (Å²) in [7, 11) is 0. The van der Waals surface area contributed by atoms with Crippen molar-refractivity contribution in [1.82, 2.24) is 9.47 Å². The zero-order valence-corrected chi connectivity index (χ0v) is 20.0. The van der Waals surface area contributed by atoms with Crippen molar-refractivity contribution in [3.63, 3.8) is 0 Å². The van der Waals surface area contributed by atoms with Gasteiger partial charge in [-0.25, -0.2) is 4.79 Å². The predicted molar refractivity (Wildman–Crippen MR) is 138 cm³/mol. The van der Waals surface area contributed by atoms with Crippen LogP contribution >= 0.6 is 11.8 Å². The van der Waals surface area contributed by atoms with E-state index in [-0.39, 0.29) is 23.3 Å². The number of benzene rings is 3. The zero-order valence-electron chi connectivity index (χ0n) is 19.2. The van der Waals surface area contributed by atoms with E-state index in [1.165, 1.54) is 4.90 Å². The molecule has 2 heterocycles. The first kappa shape index (κ1) is 22.7. The molecule has 3 aromatic carbocycles. The third kappa shape index (κ3) is 4.15. The molecule has 0 radical (unpaired) electrons. The van der Waals surface area contributed by atoms with Gasteiger partial charge in [-0.3, -0.25) is 14.5 Å². The van der Waals surface area contributed by atoms with Gasteiger partial charge in [-0.2, -0.15) is 0 Å². The molecule has 5 rings (SSSR count). The van der Waals surface area contributed by atoms with Crippen molar-refractivity contribution < 1.29 is 19.5 Å². The number of hydrogen-bond donors (Lipinski definition) is 1. The Morgan fingerprint density at radius 3 is 2.43 bits per heavy atom. The number of thioether (sulfide) groups is 1. The molecule has 2 amide bonds. The molecule has 1 N–H and O–H groups in total. The molecular formula is C28H22N2O4S. The Hall–Kier alpha value is -4.10. The molecule has 1 aromatic heterocycles. The van der Waals surface area contributed by atoms with E-state index in [0.29, 0.717) is 4.91 Å². The van der Waals surface area contributed by atoms with E-state index >= 15 is 0 Å². The molecule has 0 unspecified atom stereocenters. The molecule has 7 heteroatoms. The molecule has 6 nitrogen and oxygen atoms in total. The van der Waals surface area contributed by atoms with Gasteiger partial charge in [0.05, 0.1) is 17.0 Å². The number of carbonyl (C=O) groups is 3. The second-order valence-corrected chi connectivity index (χ2v) is 9.41. The van der Waals surface area contributed by atoms with Crippen molar-refractivity contribution in [3.8, 4) is 5.69 Å². The van der Waals surface area contributed by atoms with Crippen LogP contribution in [0.4, 0.5) is 4.79 Å². The molecule has 1 aliphatic heterocycles. The number of aromatic carboxylic acids is 1. The number of rotatable bonds is 5. The Labute approximate surface area is 206 Å². The minimum Gasteiger partial charge on any atom is -0.478 e. The van der Waals surface area contributed by atoms with Crippen molar-refractivity contribution in [2.24, 2.45) is 0 Å². The van der Waals surface area contributed by atoms with Crippen molar-refractivity contribution in [2.75, 3.05) is 0 Å². The Morgan fingerprint density at radius 1 is 0.971 bits per heavy atom. The normalized spacial score (nSPS) is 14.9. The predicted octanol–water partition coefficient (Wildman–Crippen LogP) is 6.18. The summed E-state index contributed by atoms with van der Waals surface area (Å²) in [6.45, 7) is 4.10. The van der Waals surface area contributed by atoms with Gasteiger partial charge in [0, 0.05) is 17.1 Å². The van der Waals surface area contributed by atoms with Gasteiger partial charge < -0.3 is 9.67 Å². The van der Waals surface area contributed by atoms with Gasteiger partial charge in [0.2, 0.25) is 0 Å². The highest BCUT2D eigenvalue weighted by Gasteiger charge is 2.35. The summed E-state index contributed by atoms with van der Waals surface area (Å²) in [6, 6.07) is 22.4. The Morgan fingerprint density at radius 2 is 1.69 bits per heavy atom. The van der Waals surface area contributed by atoms with Crippen molar-refractivity contribution >= 4 is 45.7 Å². The molecule has 1 aliphatic rings. The summed E-state index contributed by atoms with van der Waals surface area (Å²) in [5.74, 6) is -1.28. The highest BCUT2D eigenvalue weighted by atomic mass is 32.2. The Kier molecular flexibility index (Phi) is 5.78. The van der Waals surface area contributed by atoms with Crippen LogP contribution < -0.4 is 0 Å². The maximum atomic E-state index is 13.2. The first-order chi connectivity index (χ1) is 16.8. The molecule has 0 spiro atoms. The lowest BCUT2D eigenvalue weighted by atomic mass is 10.0. The molecule has 174 valence electrons. The van der Waals surface area contributed by atoms with Gasteiger partial charge in [0.15, 0.2) is 0 Å². The van der Waals surface area contributed by atoms with Gasteiger partial charge >= 0.3 is 5.97 Å². The molecule has 4 aromatic rings. The summed E-state index contributed by atoms with van der Waals surface area (Å²) >= 11 is 0.950. The van der Waals surface area contributed by atoms with E-state index in [1.807, 2.05) is 66.9 Å². The molecule has 0 atom stereocenters. The lowest BCUT2D eigenvalue weighted by molar-refractivity contribution is -0.123. The molecule has 0 saturated carbocycles. The Bertz CT molecular complexity index is 1530. The van der Waals surface area contributed by atoms with E-state index < -0.39 is 5.97 Å². The number of amides is 2. The number of nitrogens with zero attached hydrogens (tertiary/aromatic N) is 2. The lowest BCUT2D eigenvalue weighted by Crippen LogP contribution is -2.27. The van der Waals surface area contributed by atoms with E-state index in [9.17, 15) is 14.4 Å². The van der Waals surface area contributed by atoms with Gasteiger partial charge in [0.25, 0.3) is 11.1 Å². The van der Waals surface area contributed by atoms with Crippen molar-refractivity contribution in [2.45, 2.75) is 20.4 Å². The molecule has 0 bridgehead atoms. The summed E-state index contributed by atoms with van der Waals surface area (Å²) in [4.78, 5) is 38.8. The fourth-order valence-electron chi connectivity index (χ4n) is 4.46. The topological polar surface area (TPSA) is 79.6 Å². The quantitative estimate of drug-likeness (QED) is 0.344. The lowest BCUT2D eigenvalue weighted by Gasteiger charge is -2.14. The molecular weight excluding hydrogens is 460 g/mol. The second kappa shape index (κ2) is 8.92. The molecule has 1 fully saturated rings. The fraction of sp³-hybridized carbons (Fsp3) is 0.107. The van der Waals surface area contributed by atoms with Crippen molar-refractivity contribution in [3.05, 3.63) is 106 Å². The SMILES string of the molecule is Cc1cc(/C=C2\SC(=O)N(Cc3cccc4ccccc34)C2=O)c(C)n1-c1ccc(C(=O)O)cc1. The summed E-state index contributed by atoms with van der Waals surface area (Å²) < 4.78 is 2.00. The van der Waals surface area contributed by atoms with Gasteiger partial charge in [-0.1, -0.05) is 42.5 Å². The number of aromatic nitrogens is 1. The maximum absolute atomic E-state index is 13.2. The van der Waals surface area contributed by atoms with E-state index in [4.69, 9.17) is 5.11 Å². The minimum absolute atomic E-state index is 0.219. The highest BCUT2D eigenvalue weighted by Crippen LogP contribution is 2.35. The number of aryl methyl sites for hydroxylation is 1. The number of carbonyl (C=O) groups excluding carboxylic acids is 2. The maximum Gasteiger partial charge on any atom is 0.335 e. The number of fused-ring (bicyclic) bond motifs is 1. The monoisotopic (exact) mass is 482 g/mol. The van der Waals surface area contributed by atoms with Crippen LogP contribution in [0.5, 0.6) is 0 Å². The highest BCUT2D eigenvalue weighted by molar-refractivity contribution is 8.18. The third-order valence-corrected chi connectivity index (χ3v) is 7.12. The number of carboxylic acids is 1. The van der Waals surface area contributed by atoms with Crippen LogP contribution in [0, 0.1) is 13.8 Å². The van der Waals surface area contributed by atoms with Crippen LogP contribution in [0.1, 0.15) is 32.9 Å². The molecule has 1 saturated heterocycles. The standard InChI is InChI=1S/C28H22N2O4S/c1-17-14-22(18(2)30(17)23-12-10-20(11-13-23)27(32)33)15-25-26(31)29(28(34)35-25)16-21-8-5-7-19-6-3-4-9-24(19)21/h3-15H,16H2,1-2H3,(H,32,33)/b25-15-. The van der Waals surface area contributed by atoms with Crippen LogP contribution in [-0.2, 0) is 11.3 Å². The van der Waals surface area contributed by atoms with Crippen LogP contribution in [-0.4, -0.2) is 31.7 Å². The zero-order chi connectivity index (χ0) is 24.7.